The molecule has 0 fully saturated rings. The van der Waals surface area contributed by atoms with Crippen LogP contribution in [-0.2, 0) is 16.0 Å². The summed E-state index contributed by atoms with van der Waals surface area (Å²) in [6.45, 7) is 5.08. The highest BCUT2D eigenvalue weighted by Gasteiger charge is 2.18. The number of benzene rings is 2. The average Bonchev–Trinajstić information content (AvgIpc) is 2.57. The Morgan fingerprint density at radius 2 is 1.64 bits per heavy atom. The van der Waals surface area contributed by atoms with Gasteiger partial charge in [0.15, 0.2) is 11.6 Å². The normalized spacial score (nSPS) is 11.1. The minimum atomic E-state index is -0.994. The van der Waals surface area contributed by atoms with Gasteiger partial charge in [0, 0.05) is 6.42 Å². The Bertz CT molecular complexity index is 879. The smallest absolute Gasteiger partial charge is 0.412 e. The number of aryl methyl sites for hydroxylation is 1. The fourth-order valence-electron chi connectivity index (χ4n) is 2.31. The topological polar surface area (TPSA) is 67.4 Å². The molecular formula is C20H21F3N2O3. The van der Waals surface area contributed by atoms with E-state index in [1.165, 1.54) is 12.1 Å². The molecule has 2 aromatic rings. The summed E-state index contributed by atoms with van der Waals surface area (Å²) in [5, 5.41) is 4.95. The number of nitrogens with one attached hydrogen (secondary N) is 2. The summed E-state index contributed by atoms with van der Waals surface area (Å²) in [5.41, 5.74) is -0.0591. The molecule has 0 heterocycles. The quantitative estimate of drug-likeness (QED) is 0.748. The molecule has 0 aromatic heterocycles. The molecule has 0 saturated heterocycles. The van der Waals surface area contributed by atoms with E-state index in [9.17, 15) is 22.8 Å². The Balaban J connectivity index is 2.03. The molecule has 0 unspecified atom stereocenters. The number of hydrogen-bond donors (Lipinski definition) is 2. The van der Waals surface area contributed by atoms with Crippen LogP contribution in [0.1, 0.15) is 32.8 Å². The highest BCUT2D eigenvalue weighted by molar-refractivity contribution is 5.97. The van der Waals surface area contributed by atoms with Crippen molar-refractivity contribution in [2.75, 3.05) is 10.6 Å². The zero-order valence-corrected chi connectivity index (χ0v) is 15.7. The molecule has 28 heavy (non-hydrogen) atoms. The van der Waals surface area contributed by atoms with Gasteiger partial charge in [-0.3, -0.25) is 10.1 Å². The molecular weight excluding hydrogens is 373 g/mol. The highest BCUT2D eigenvalue weighted by atomic mass is 19.2. The van der Waals surface area contributed by atoms with Gasteiger partial charge in [-0.2, -0.15) is 0 Å². The van der Waals surface area contributed by atoms with E-state index >= 15 is 0 Å². The fourth-order valence-corrected chi connectivity index (χ4v) is 2.31. The number of hydrogen-bond acceptors (Lipinski definition) is 3. The lowest BCUT2D eigenvalue weighted by molar-refractivity contribution is -0.116. The summed E-state index contributed by atoms with van der Waals surface area (Å²) in [7, 11) is 0. The van der Waals surface area contributed by atoms with Gasteiger partial charge in [0.2, 0.25) is 5.91 Å². The number of ether oxygens (including phenoxy) is 1. The average molecular weight is 394 g/mol. The van der Waals surface area contributed by atoms with E-state index in [0.29, 0.717) is 5.56 Å². The lowest BCUT2D eigenvalue weighted by Crippen LogP contribution is -2.27. The third-order valence-corrected chi connectivity index (χ3v) is 3.52. The predicted octanol–water partition coefficient (Wildman–Crippen LogP) is 5.02. The Hall–Kier alpha value is -3.03. The number of rotatable bonds is 5. The molecule has 2 aromatic carbocycles. The predicted molar refractivity (Wildman–Crippen MR) is 99.6 cm³/mol. The van der Waals surface area contributed by atoms with Crippen molar-refractivity contribution < 1.29 is 27.5 Å². The lowest BCUT2D eigenvalue weighted by atomic mass is 10.1. The summed E-state index contributed by atoms with van der Waals surface area (Å²) in [4.78, 5) is 24.1. The van der Waals surface area contributed by atoms with Gasteiger partial charge in [-0.1, -0.05) is 6.07 Å². The summed E-state index contributed by atoms with van der Waals surface area (Å²) < 4.78 is 44.9. The molecule has 150 valence electrons. The first kappa shape index (κ1) is 21.3. The Kier molecular flexibility index (Phi) is 6.66. The van der Waals surface area contributed by atoms with Crippen LogP contribution < -0.4 is 10.6 Å². The van der Waals surface area contributed by atoms with Crippen LogP contribution in [0, 0.1) is 17.5 Å². The number of carbonyl (C=O) groups is 2. The Labute approximate surface area is 160 Å². The van der Waals surface area contributed by atoms with Gasteiger partial charge < -0.3 is 10.1 Å². The number of anilines is 2. The standard InChI is InChI=1S/C20H21F3N2O3/c1-20(2,3)28-19(27)25-16-8-6-13(21)11-17(16)24-18(26)9-5-12-4-7-14(22)15(23)10-12/h4,6-8,10-11H,5,9H2,1-3H3,(H,24,26)(H,25,27). The van der Waals surface area contributed by atoms with Crippen LogP contribution in [0.25, 0.3) is 0 Å². The van der Waals surface area contributed by atoms with Gasteiger partial charge in [-0.15, -0.1) is 0 Å². The molecule has 0 radical (unpaired) electrons. The molecule has 0 aliphatic heterocycles. The SMILES string of the molecule is CC(C)(C)OC(=O)Nc1ccc(F)cc1NC(=O)CCc1ccc(F)c(F)c1. The lowest BCUT2D eigenvalue weighted by Gasteiger charge is -2.20. The van der Waals surface area contributed by atoms with Crippen molar-refractivity contribution >= 4 is 23.4 Å². The van der Waals surface area contributed by atoms with Crippen LogP contribution in [0.3, 0.4) is 0 Å². The van der Waals surface area contributed by atoms with Gasteiger partial charge in [0.25, 0.3) is 0 Å². The van der Waals surface area contributed by atoms with E-state index in [1.807, 2.05) is 0 Å². The van der Waals surface area contributed by atoms with Crippen molar-refractivity contribution in [3.05, 3.63) is 59.4 Å². The number of carbonyl (C=O) groups excluding carboxylic acids is 2. The van der Waals surface area contributed by atoms with E-state index in [0.717, 1.165) is 24.3 Å². The molecule has 5 nitrogen and oxygen atoms in total. The third-order valence-electron chi connectivity index (χ3n) is 3.52. The maximum Gasteiger partial charge on any atom is 0.412 e. The minimum absolute atomic E-state index is 0.0482. The zero-order valence-electron chi connectivity index (χ0n) is 15.7. The molecule has 0 saturated carbocycles. The van der Waals surface area contributed by atoms with Gasteiger partial charge >= 0.3 is 6.09 Å². The van der Waals surface area contributed by atoms with Crippen molar-refractivity contribution in [2.24, 2.45) is 0 Å². The first-order chi connectivity index (χ1) is 13.0. The van der Waals surface area contributed by atoms with Crippen LogP contribution in [-0.4, -0.2) is 17.6 Å². The second-order valence-electron chi connectivity index (χ2n) is 7.11. The van der Waals surface area contributed by atoms with Crippen LogP contribution in [0.4, 0.5) is 29.3 Å². The second kappa shape index (κ2) is 8.77. The Morgan fingerprint density at radius 1 is 0.929 bits per heavy atom. The van der Waals surface area contributed by atoms with E-state index < -0.39 is 35.1 Å². The number of halogens is 3. The summed E-state index contributed by atoms with van der Waals surface area (Å²) >= 11 is 0. The first-order valence-electron chi connectivity index (χ1n) is 8.57. The molecule has 2 rings (SSSR count). The van der Waals surface area contributed by atoms with Crippen molar-refractivity contribution in [3.63, 3.8) is 0 Å². The monoisotopic (exact) mass is 394 g/mol. The third kappa shape index (κ3) is 6.61. The van der Waals surface area contributed by atoms with E-state index in [1.54, 1.807) is 20.8 Å². The van der Waals surface area contributed by atoms with Crippen molar-refractivity contribution in [2.45, 2.75) is 39.2 Å². The van der Waals surface area contributed by atoms with E-state index in [-0.39, 0.29) is 24.2 Å². The van der Waals surface area contributed by atoms with E-state index in [4.69, 9.17) is 4.74 Å². The molecule has 0 aliphatic rings. The van der Waals surface area contributed by atoms with Crippen LogP contribution in [0.15, 0.2) is 36.4 Å². The molecule has 2 amide bonds. The van der Waals surface area contributed by atoms with Crippen molar-refractivity contribution in [3.8, 4) is 0 Å². The van der Waals surface area contributed by atoms with E-state index in [2.05, 4.69) is 10.6 Å². The Morgan fingerprint density at radius 3 is 2.29 bits per heavy atom. The molecule has 2 N–H and O–H groups in total. The number of amides is 2. The summed E-state index contributed by atoms with van der Waals surface area (Å²) in [6, 6.07) is 6.86. The second-order valence-corrected chi connectivity index (χ2v) is 7.11. The van der Waals surface area contributed by atoms with Crippen LogP contribution in [0.5, 0.6) is 0 Å². The van der Waals surface area contributed by atoms with Crippen molar-refractivity contribution in [1.29, 1.82) is 0 Å². The van der Waals surface area contributed by atoms with Gasteiger partial charge in [-0.05, 0) is 63.1 Å². The molecule has 0 atom stereocenters. The van der Waals surface area contributed by atoms with Gasteiger partial charge in [-0.25, -0.2) is 18.0 Å². The zero-order chi connectivity index (χ0) is 20.9. The summed E-state index contributed by atoms with van der Waals surface area (Å²) in [6.07, 6.45) is -0.642. The maximum atomic E-state index is 13.6. The summed E-state index contributed by atoms with van der Waals surface area (Å²) in [5.74, 6) is -3.05. The molecule has 0 aliphatic carbocycles. The van der Waals surface area contributed by atoms with Gasteiger partial charge in [0.05, 0.1) is 11.4 Å². The molecule has 8 heteroatoms. The van der Waals surface area contributed by atoms with Crippen molar-refractivity contribution in [1.82, 2.24) is 0 Å². The molecule has 0 spiro atoms. The largest absolute Gasteiger partial charge is 0.444 e. The fraction of sp³-hybridized carbons (Fsp3) is 0.300. The van der Waals surface area contributed by atoms with Crippen LogP contribution >= 0.6 is 0 Å². The molecule has 0 bridgehead atoms. The minimum Gasteiger partial charge on any atom is -0.444 e. The van der Waals surface area contributed by atoms with Crippen LogP contribution in [0.2, 0.25) is 0 Å². The highest BCUT2D eigenvalue weighted by Crippen LogP contribution is 2.24. The first-order valence-corrected chi connectivity index (χ1v) is 8.57. The maximum absolute atomic E-state index is 13.6. The van der Waals surface area contributed by atoms with Gasteiger partial charge in [0.1, 0.15) is 11.4 Å².